The monoisotopic (exact) mass is 674 g/mol. The van der Waals surface area contributed by atoms with Crippen LogP contribution < -0.4 is 0 Å². The van der Waals surface area contributed by atoms with Gasteiger partial charge in [0.05, 0.1) is 35.9 Å². The summed E-state index contributed by atoms with van der Waals surface area (Å²) >= 11 is 0. The van der Waals surface area contributed by atoms with Crippen molar-refractivity contribution in [3.63, 3.8) is 0 Å². The Hall–Kier alpha value is -2.59. The van der Waals surface area contributed by atoms with Crippen LogP contribution in [0.3, 0.4) is 0 Å². The first kappa shape index (κ1) is 33.3. The smallest absolute Gasteiger partial charge is 0.248 e. The van der Waals surface area contributed by atoms with Crippen molar-refractivity contribution in [1.29, 1.82) is 0 Å². The van der Waals surface area contributed by atoms with Crippen LogP contribution >= 0.6 is 10.9 Å². The van der Waals surface area contributed by atoms with Crippen LogP contribution in [0.4, 0.5) is 22.0 Å². The summed E-state index contributed by atoms with van der Waals surface area (Å²) in [5.74, 6) is -6.37. The van der Waals surface area contributed by atoms with Crippen molar-refractivity contribution >= 4 is 10.9 Å². The third-order valence-electron chi connectivity index (χ3n) is 9.60. The second kappa shape index (κ2) is 12.5. The van der Waals surface area contributed by atoms with E-state index in [0.717, 1.165) is 35.2 Å². The highest BCUT2D eigenvalue weighted by Gasteiger charge is 2.55. The summed E-state index contributed by atoms with van der Waals surface area (Å²) in [7, 11) is -1.72. The maximum Gasteiger partial charge on any atom is 0.248 e. The lowest BCUT2D eigenvalue weighted by Gasteiger charge is -2.52. The number of halogens is 5. The van der Waals surface area contributed by atoms with E-state index in [1.807, 2.05) is 13.8 Å². The van der Waals surface area contributed by atoms with Gasteiger partial charge in [-0.3, -0.25) is 0 Å². The van der Waals surface area contributed by atoms with Gasteiger partial charge in [0.1, 0.15) is 23.2 Å². The first-order valence-corrected chi connectivity index (χ1v) is 17.3. The molecular weight excluding hydrogens is 635 g/mol. The number of aromatic nitrogens is 4. The second-order valence-corrected chi connectivity index (χ2v) is 16.1. The maximum atomic E-state index is 14.4. The van der Waals surface area contributed by atoms with Gasteiger partial charge >= 0.3 is 0 Å². The number of aliphatic hydroxyl groups is 4. The molecule has 4 N–H and O–H groups in total. The summed E-state index contributed by atoms with van der Waals surface area (Å²) in [6, 6.07) is 0.336. The van der Waals surface area contributed by atoms with Gasteiger partial charge in [0.25, 0.3) is 0 Å². The molecule has 46 heavy (non-hydrogen) atoms. The van der Waals surface area contributed by atoms with E-state index in [0.29, 0.717) is 17.9 Å². The maximum absolute atomic E-state index is 14.4. The Labute approximate surface area is 265 Å². The molecule has 0 radical (unpaired) electrons. The molecule has 3 fully saturated rings. The summed E-state index contributed by atoms with van der Waals surface area (Å²) < 4.78 is 77.1. The molecule has 0 bridgehead atoms. The number of rotatable bonds is 9. The first-order chi connectivity index (χ1) is 21.7. The van der Waals surface area contributed by atoms with E-state index in [9.17, 15) is 42.4 Å². The quantitative estimate of drug-likeness (QED) is 0.125. The van der Waals surface area contributed by atoms with Crippen LogP contribution in [-0.2, 0) is 6.42 Å². The minimum Gasteiger partial charge on any atom is -0.395 e. The molecule has 2 saturated carbocycles. The number of alkyl halides is 2. The normalized spacial score (nSPS) is 29.3. The molecule has 15 heteroatoms. The lowest BCUT2D eigenvalue weighted by molar-refractivity contribution is -0.105. The number of thiol groups is 1. The van der Waals surface area contributed by atoms with E-state index in [-0.39, 0.29) is 41.7 Å². The van der Waals surface area contributed by atoms with Crippen molar-refractivity contribution in [3.8, 4) is 11.3 Å². The van der Waals surface area contributed by atoms with Gasteiger partial charge in [-0.15, -0.1) is 5.10 Å². The molecule has 3 heterocycles. The molecule has 2 unspecified atom stereocenters. The third kappa shape index (κ3) is 6.20. The van der Waals surface area contributed by atoms with Crippen molar-refractivity contribution in [1.82, 2.24) is 20.2 Å². The molecule has 2 aromatic heterocycles. The van der Waals surface area contributed by atoms with Gasteiger partial charge in [-0.25, -0.2) is 37.5 Å². The Balaban J connectivity index is 1.37. The lowest BCUT2D eigenvalue weighted by Crippen LogP contribution is -2.53. The summed E-state index contributed by atoms with van der Waals surface area (Å²) in [6.07, 6.45) is -0.645. The van der Waals surface area contributed by atoms with E-state index in [2.05, 4.69) is 15.5 Å². The molecule has 1 aromatic carbocycles. The third-order valence-corrected chi connectivity index (χ3v) is 13.1. The zero-order chi connectivity index (χ0) is 33.1. The molecule has 0 amide bonds. The van der Waals surface area contributed by atoms with Gasteiger partial charge in [-0.05, 0) is 50.2 Å². The largest absolute Gasteiger partial charge is 0.395 e. The predicted octanol–water partition coefficient (Wildman–Crippen LogP) is 4.75. The van der Waals surface area contributed by atoms with Gasteiger partial charge in [0.15, 0.2) is 17.5 Å². The van der Waals surface area contributed by atoms with Crippen molar-refractivity contribution in [2.24, 2.45) is 5.92 Å². The molecule has 3 aliphatic rings. The van der Waals surface area contributed by atoms with E-state index >= 15 is 0 Å². The number of hydrogen-bond donors (Lipinski definition) is 5. The van der Waals surface area contributed by atoms with Crippen LogP contribution in [-0.4, -0.2) is 81.9 Å². The summed E-state index contributed by atoms with van der Waals surface area (Å²) in [6.45, 7) is 3.50. The fraction of sp³-hybridized carbons (Fsp3) is 0.645. The van der Waals surface area contributed by atoms with Crippen LogP contribution in [0.25, 0.3) is 11.3 Å². The van der Waals surface area contributed by atoms with Crippen molar-refractivity contribution in [2.75, 3.05) is 12.4 Å². The molecule has 9 nitrogen and oxygen atoms in total. The fourth-order valence-corrected chi connectivity index (χ4v) is 10.8. The van der Waals surface area contributed by atoms with E-state index in [1.165, 1.54) is 6.20 Å². The van der Waals surface area contributed by atoms with Crippen molar-refractivity contribution in [2.45, 2.75) is 105 Å². The number of hydrogen-bond acceptors (Lipinski definition) is 8. The van der Waals surface area contributed by atoms with Crippen molar-refractivity contribution < 1.29 is 46.9 Å². The Bertz CT molecular complexity index is 1530. The average molecular weight is 675 g/mol. The Morgan fingerprint density at radius 3 is 2.30 bits per heavy atom. The van der Waals surface area contributed by atoms with Crippen LogP contribution in [0.5, 0.6) is 0 Å². The van der Waals surface area contributed by atoms with Gasteiger partial charge in [-0.1, -0.05) is 24.2 Å². The predicted molar refractivity (Wildman–Crippen MR) is 159 cm³/mol. The highest BCUT2D eigenvalue weighted by atomic mass is 32.2. The topological polar surface area (TPSA) is 138 Å². The summed E-state index contributed by atoms with van der Waals surface area (Å²) in [4.78, 5) is 0. The zero-order valence-electron chi connectivity index (χ0n) is 25.5. The lowest BCUT2D eigenvalue weighted by atomic mass is 9.78. The summed E-state index contributed by atoms with van der Waals surface area (Å²) in [5, 5.41) is 56.6. The molecule has 6 rings (SSSR count). The molecule has 6 atom stereocenters. The molecule has 254 valence electrons. The molecule has 0 spiro atoms. The molecular formula is C31H39F5N4O5S. The van der Waals surface area contributed by atoms with E-state index < -0.39 is 88.1 Å². The minimum absolute atomic E-state index is 0.0204. The fourth-order valence-electron chi connectivity index (χ4n) is 7.08. The average Bonchev–Trinajstić information content (AvgIpc) is 3.58. The first-order valence-electron chi connectivity index (χ1n) is 15.6. The Kier molecular flexibility index (Phi) is 9.02. The minimum atomic E-state index is -2.94. The Morgan fingerprint density at radius 2 is 1.72 bits per heavy atom. The molecule has 1 aliphatic heterocycles. The van der Waals surface area contributed by atoms with Crippen molar-refractivity contribution in [3.05, 3.63) is 52.8 Å². The summed E-state index contributed by atoms with van der Waals surface area (Å²) in [5.41, 5.74) is -0.565. The van der Waals surface area contributed by atoms with E-state index in [1.54, 1.807) is 0 Å². The molecule has 3 aromatic rings. The number of aliphatic hydroxyl groups excluding tert-OH is 3. The number of benzene rings is 1. The van der Waals surface area contributed by atoms with Crippen LogP contribution in [0.15, 0.2) is 22.9 Å². The Morgan fingerprint density at radius 1 is 1.07 bits per heavy atom. The highest BCUT2D eigenvalue weighted by molar-refractivity contribution is 8.18. The SMILES string of the molecule is CC(C)Cc1c(C([SH]2C[C@H](O)[C@H](n3cc(-c4cc(F)c(F)c(F)c4)nn3)[C@@H](O)[C@H]2CO)C2(O)CCC(F)(F)CC2)noc1C1CC1. The zero-order valence-corrected chi connectivity index (χ0v) is 26.4. The van der Waals surface area contributed by atoms with Crippen LogP contribution in [0.2, 0.25) is 0 Å². The van der Waals surface area contributed by atoms with E-state index in [4.69, 9.17) is 4.52 Å². The van der Waals surface area contributed by atoms with Gasteiger partial charge < -0.3 is 24.9 Å². The van der Waals surface area contributed by atoms with Gasteiger partial charge in [0, 0.05) is 40.9 Å². The number of nitrogens with zero attached hydrogens (tertiary/aromatic N) is 4. The van der Waals surface area contributed by atoms with Gasteiger partial charge in [-0.2, -0.15) is 0 Å². The molecule has 1 saturated heterocycles. The second-order valence-electron chi connectivity index (χ2n) is 13.5. The van der Waals surface area contributed by atoms with Crippen LogP contribution in [0, 0.1) is 23.4 Å². The van der Waals surface area contributed by atoms with Crippen LogP contribution in [0.1, 0.15) is 86.6 Å². The van der Waals surface area contributed by atoms with Gasteiger partial charge in [0.2, 0.25) is 5.92 Å². The molecule has 2 aliphatic carbocycles. The standard InChI is InChI=1S/C31H39F5N4O5S/c1-15(2)9-18-25(38-45-28(18)16-3-4-16)29(30(44)5-7-31(35,36)8-6-30)46-14-22(42)26(27(43)23(46)13-41)40-12-21(37-39-40)17-10-19(32)24(34)20(33)11-17/h10-12,15-16,22-23,26-27,29,41-44,46H,3-9,13-14H2,1-2H3/t22-,23+,26-,27-,29?/m0/s1. The highest BCUT2D eigenvalue weighted by Crippen LogP contribution is 2.62.